The minimum Gasteiger partial charge on any atom is -0.389 e. The first-order valence-corrected chi connectivity index (χ1v) is 10.3. The first-order chi connectivity index (χ1) is 14.0. The maximum Gasteiger partial charge on any atom is 0.229 e. The van der Waals surface area contributed by atoms with Crippen molar-refractivity contribution in [2.24, 2.45) is 0 Å². The van der Waals surface area contributed by atoms with E-state index in [0.717, 1.165) is 42.3 Å². The summed E-state index contributed by atoms with van der Waals surface area (Å²) in [6.07, 6.45) is 0.513. The molecule has 1 aliphatic heterocycles. The molecule has 1 aromatic heterocycles. The number of benzene rings is 2. The van der Waals surface area contributed by atoms with E-state index in [1.165, 1.54) is 11.1 Å². The van der Waals surface area contributed by atoms with E-state index in [-0.39, 0.29) is 0 Å². The summed E-state index contributed by atoms with van der Waals surface area (Å²) in [5.74, 6) is 1.90. The third-order valence-electron chi connectivity index (χ3n) is 5.40. The molecular formula is C24H28N4O. The van der Waals surface area contributed by atoms with E-state index >= 15 is 0 Å². The summed E-state index contributed by atoms with van der Waals surface area (Å²) in [5, 5.41) is 13.2. The highest BCUT2D eigenvalue weighted by atomic mass is 16.3. The van der Waals surface area contributed by atoms with E-state index in [1.54, 1.807) is 0 Å². The van der Waals surface area contributed by atoms with Crippen molar-refractivity contribution in [2.45, 2.75) is 45.8 Å². The molecule has 1 aliphatic rings. The number of nitrogens with zero attached hydrogens (tertiary/aromatic N) is 3. The Kier molecular flexibility index (Phi) is 5.49. The van der Waals surface area contributed by atoms with Gasteiger partial charge in [-0.2, -0.15) is 4.98 Å². The molecule has 2 heterocycles. The van der Waals surface area contributed by atoms with Gasteiger partial charge in [-0.25, -0.2) is 4.98 Å². The van der Waals surface area contributed by atoms with Crippen LogP contribution in [0.2, 0.25) is 0 Å². The molecule has 0 amide bonds. The van der Waals surface area contributed by atoms with Crippen LogP contribution in [-0.2, 0) is 13.0 Å². The maximum absolute atomic E-state index is 9.86. The van der Waals surface area contributed by atoms with Gasteiger partial charge >= 0.3 is 0 Å². The number of aromatic nitrogens is 2. The molecule has 0 spiro atoms. The van der Waals surface area contributed by atoms with Crippen molar-refractivity contribution in [3.8, 4) is 0 Å². The minimum atomic E-state index is -0.430. The van der Waals surface area contributed by atoms with Crippen molar-refractivity contribution >= 4 is 17.5 Å². The Hall–Kier alpha value is -2.92. The van der Waals surface area contributed by atoms with Gasteiger partial charge in [0.05, 0.1) is 11.8 Å². The molecule has 150 valence electrons. The van der Waals surface area contributed by atoms with Crippen molar-refractivity contribution in [2.75, 3.05) is 16.8 Å². The first kappa shape index (κ1) is 19.4. The molecule has 5 heteroatoms. The van der Waals surface area contributed by atoms with Gasteiger partial charge in [0.2, 0.25) is 5.95 Å². The molecule has 2 N–H and O–H groups in total. The van der Waals surface area contributed by atoms with Gasteiger partial charge in [-0.3, -0.25) is 0 Å². The number of aliphatic hydroxyl groups excluding tert-OH is 1. The van der Waals surface area contributed by atoms with Gasteiger partial charge in [-0.05, 0) is 48.1 Å². The zero-order valence-corrected chi connectivity index (χ0v) is 17.3. The van der Waals surface area contributed by atoms with E-state index in [2.05, 4.69) is 42.3 Å². The summed E-state index contributed by atoms with van der Waals surface area (Å²) in [6, 6.07) is 18.4. The average molecular weight is 389 g/mol. The van der Waals surface area contributed by atoms with Crippen molar-refractivity contribution in [3.05, 3.63) is 77.0 Å². The molecule has 0 bridgehead atoms. The lowest BCUT2D eigenvalue weighted by Gasteiger charge is -2.31. The van der Waals surface area contributed by atoms with Crippen molar-refractivity contribution in [3.63, 3.8) is 0 Å². The summed E-state index contributed by atoms with van der Waals surface area (Å²) in [5.41, 5.74) is 5.61. The number of nitrogens with one attached hydrogen (secondary N) is 1. The van der Waals surface area contributed by atoms with Crippen LogP contribution in [0.3, 0.4) is 0 Å². The van der Waals surface area contributed by atoms with Crippen molar-refractivity contribution in [1.29, 1.82) is 0 Å². The van der Waals surface area contributed by atoms with Crippen molar-refractivity contribution < 1.29 is 5.11 Å². The highest BCUT2D eigenvalue weighted by Gasteiger charge is 2.20. The van der Waals surface area contributed by atoms with Gasteiger partial charge in [0.15, 0.2) is 0 Å². The lowest BCUT2D eigenvalue weighted by Crippen LogP contribution is -2.31. The second kappa shape index (κ2) is 8.21. The molecule has 0 radical (unpaired) electrons. The van der Waals surface area contributed by atoms with Crippen molar-refractivity contribution in [1.82, 2.24) is 9.97 Å². The standard InChI is InChI=1S/C24H28N4O/c1-16(2)22-14-23(27-24(26-22)25-21-7-5-4-6-8-21)28-12-11-19-13-18(17(3)29)9-10-20(19)15-28/h4-10,13-14,16-17,29H,11-12,15H2,1-3H3,(H,25,26,27)/t17-/m0/s1. The minimum absolute atomic E-state index is 0.318. The molecule has 4 rings (SSSR count). The summed E-state index contributed by atoms with van der Waals surface area (Å²) < 4.78 is 0. The number of rotatable bonds is 5. The number of hydrogen-bond donors (Lipinski definition) is 2. The van der Waals surface area contributed by atoms with Crippen LogP contribution in [0.4, 0.5) is 17.5 Å². The Bertz CT molecular complexity index is 985. The maximum atomic E-state index is 9.86. The fourth-order valence-electron chi connectivity index (χ4n) is 3.65. The third kappa shape index (κ3) is 4.40. The lowest BCUT2D eigenvalue weighted by atomic mass is 9.95. The molecule has 0 unspecified atom stereocenters. The van der Waals surface area contributed by atoms with Crippen LogP contribution >= 0.6 is 0 Å². The quantitative estimate of drug-likeness (QED) is 0.647. The molecule has 0 fully saturated rings. The predicted molar refractivity (Wildman–Crippen MR) is 118 cm³/mol. The SMILES string of the molecule is CC(C)c1cc(N2CCc3cc([C@H](C)O)ccc3C2)nc(Nc2ccccc2)n1. The fraction of sp³-hybridized carbons (Fsp3) is 0.333. The zero-order valence-electron chi connectivity index (χ0n) is 17.3. The largest absolute Gasteiger partial charge is 0.389 e. The Balaban J connectivity index is 1.62. The van der Waals surface area contributed by atoms with Gasteiger partial charge in [0.1, 0.15) is 5.82 Å². The second-order valence-electron chi connectivity index (χ2n) is 8.00. The second-order valence-corrected chi connectivity index (χ2v) is 8.00. The molecule has 29 heavy (non-hydrogen) atoms. The average Bonchev–Trinajstić information content (AvgIpc) is 2.73. The van der Waals surface area contributed by atoms with Gasteiger partial charge < -0.3 is 15.3 Å². The Morgan fingerprint density at radius 1 is 0.966 bits per heavy atom. The van der Waals surface area contributed by atoms with E-state index in [4.69, 9.17) is 9.97 Å². The number of fused-ring (bicyclic) bond motifs is 1. The van der Waals surface area contributed by atoms with Crippen LogP contribution in [0.25, 0.3) is 0 Å². The number of anilines is 3. The third-order valence-corrected chi connectivity index (χ3v) is 5.40. The lowest BCUT2D eigenvalue weighted by molar-refractivity contribution is 0.199. The number of aliphatic hydroxyl groups is 1. The molecule has 1 atom stereocenters. The molecule has 2 aromatic carbocycles. The normalized spacial score (nSPS) is 14.6. The van der Waals surface area contributed by atoms with Crippen LogP contribution in [0.5, 0.6) is 0 Å². The molecule has 0 saturated heterocycles. The van der Waals surface area contributed by atoms with Crippen LogP contribution in [0.15, 0.2) is 54.6 Å². The predicted octanol–water partition coefficient (Wildman–Crippen LogP) is 4.96. The number of hydrogen-bond acceptors (Lipinski definition) is 5. The summed E-state index contributed by atoms with van der Waals surface area (Å²) in [7, 11) is 0. The highest BCUT2D eigenvalue weighted by Crippen LogP contribution is 2.28. The molecule has 5 nitrogen and oxygen atoms in total. The molecule has 0 aliphatic carbocycles. The topological polar surface area (TPSA) is 61.3 Å². The van der Waals surface area contributed by atoms with E-state index in [9.17, 15) is 5.11 Å². The molecule has 0 saturated carbocycles. The smallest absolute Gasteiger partial charge is 0.229 e. The molecule has 3 aromatic rings. The Morgan fingerprint density at radius 2 is 1.76 bits per heavy atom. The van der Waals surface area contributed by atoms with Crippen LogP contribution in [0.1, 0.15) is 55.2 Å². The summed E-state index contributed by atoms with van der Waals surface area (Å²) in [6.45, 7) is 7.83. The monoisotopic (exact) mass is 388 g/mol. The Labute approximate surface area is 172 Å². The van der Waals surface area contributed by atoms with E-state index < -0.39 is 6.10 Å². The van der Waals surface area contributed by atoms with Crippen LogP contribution in [-0.4, -0.2) is 21.6 Å². The van der Waals surface area contributed by atoms with Crippen LogP contribution < -0.4 is 10.2 Å². The summed E-state index contributed by atoms with van der Waals surface area (Å²) >= 11 is 0. The zero-order chi connectivity index (χ0) is 20.4. The van der Waals surface area contributed by atoms with Gasteiger partial charge in [-0.1, -0.05) is 50.2 Å². The van der Waals surface area contributed by atoms with Crippen LogP contribution in [0, 0.1) is 0 Å². The summed E-state index contributed by atoms with van der Waals surface area (Å²) in [4.78, 5) is 11.9. The van der Waals surface area contributed by atoms with Gasteiger partial charge in [-0.15, -0.1) is 0 Å². The fourth-order valence-corrected chi connectivity index (χ4v) is 3.65. The molecular weight excluding hydrogens is 360 g/mol. The Morgan fingerprint density at radius 3 is 2.48 bits per heavy atom. The highest BCUT2D eigenvalue weighted by molar-refractivity contribution is 5.56. The number of para-hydroxylation sites is 1. The first-order valence-electron chi connectivity index (χ1n) is 10.3. The van der Waals surface area contributed by atoms with E-state index in [1.807, 2.05) is 43.3 Å². The van der Waals surface area contributed by atoms with Gasteiger partial charge in [0.25, 0.3) is 0 Å². The van der Waals surface area contributed by atoms with Gasteiger partial charge in [0, 0.05) is 24.8 Å². The van der Waals surface area contributed by atoms with E-state index in [0.29, 0.717) is 11.9 Å².